The van der Waals surface area contributed by atoms with Gasteiger partial charge in [0.2, 0.25) is 0 Å². The molecular weight excluding hydrogens is 196 g/mol. The minimum absolute atomic E-state index is 0. The van der Waals surface area contributed by atoms with Crippen molar-refractivity contribution >= 4 is 0 Å². The number of unbranched alkanes of at least 4 members (excludes halogenated alkanes) is 3. The van der Waals surface area contributed by atoms with Crippen LogP contribution in [0.3, 0.4) is 0 Å². The van der Waals surface area contributed by atoms with Gasteiger partial charge in [-0.2, -0.15) is 0 Å². The quantitative estimate of drug-likeness (QED) is 0.387. The second kappa shape index (κ2) is 8.51. The molecule has 0 amide bonds. The Morgan fingerprint density at radius 1 is 0.857 bits per heavy atom. The number of hydrogen-bond acceptors (Lipinski definition) is 1. The standard InChI is InChI=1S/C11H27N2.ClH/c1-12(2)10-8-6-7-9-11-13(3,4)5;/h6-11H2,1-5H3;1H/q+1;/p-1. The minimum Gasteiger partial charge on any atom is -1.00 e. The molecule has 0 radical (unpaired) electrons. The summed E-state index contributed by atoms with van der Waals surface area (Å²) in [5.41, 5.74) is 0. The molecule has 0 aromatic heterocycles. The first-order valence-corrected chi connectivity index (χ1v) is 5.37. The van der Waals surface area contributed by atoms with Crippen LogP contribution in [0.4, 0.5) is 0 Å². The van der Waals surface area contributed by atoms with E-state index in [1.807, 2.05) is 0 Å². The number of quaternary nitrogens is 1. The molecule has 0 atom stereocenters. The summed E-state index contributed by atoms with van der Waals surface area (Å²) in [5.74, 6) is 0. The average Bonchev–Trinajstić information content (AvgIpc) is 1.93. The number of hydrogen-bond donors (Lipinski definition) is 0. The normalized spacial score (nSPS) is 11.6. The van der Waals surface area contributed by atoms with Crippen molar-refractivity contribution in [1.29, 1.82) is 0 Å². The van der Waals surface area contributed by atoms with Gasteiger partial charge in [-0.05, 0) is 39.9 Å². The van der Waals surface area contributed by atoms with E-state index in [1.165, 1.54) is 38.8 Å². The largest absolute Gasteiger partial charge is 1.00 e. The molecule has 0 N–H and O–H groups in total. The van der Waals surface area contributed by atoms with Gasteiger partial charge in [-0.3, -0.25) is 0 Å². The Morgan fingerprint density at radius 3 is 1.79 bits per heavy atom. The van der Waals surface area contributed by atoms with Crippen molar-refractivity contribution in [3.05, 3.63) is 0 Å². The summed E-state index contributed by atoms with van der Waals surface area (Å²) in [6.07, 6.45) is 5.50. The van der Waals surface area contributed by atoms with E-state index in [9.17, 15) is 0 Å². The zero-order valence-electron chi connectivity index (χ0n) is 10.5. The third-order valence-corrected chi connectivity index (χ3v) is 2.18. The Hall–Kier alpha value is 0.210. The first kappa shape index (κ1) is 16.6. The Kier molecular flexibility index (Phi) is 10.1. The Balaban J connectivity index is 0. The van der Waals surface area contributed by atoms with Gasteiger partial charge in [0.15, 0.2) is 0 Å². The highest BCUT2D eigenvalue weighted by atomic mass is 35.5. The van der Waals surface area contributed by atoms with E-state index in [1.54, 1.807) is 0 Å². The van der Waals surface area contributed by atoms with Crippen molar-refractivity contribution in [2.75, 3.05) is 48.3 Å². The van der Waals surface area contributed by atoms with Gasteiger partial charge in [0.1, 0.15) is 0 Å². The molecule has 0 saturated carbocycles. The van der Waals surface area contributed by atoms with Crippen molar-refractivity contribution < 1.29 is 16.9 Å². The van der Waals surface area contributed by atoms with Gasteiger partial charge in [-0.1, -0.05) is 6.42 Å². The Morgan fingerprint density at radius 2 is 1.36 bits per heavy atom. The van der Waals surface area contributed by atoms with E-state index >= 15 is 0 Å². The SMILES string of the molecule is CN(C)CCCCCC[N+](C)(C)C.[Cl-]. The lowest BCUT2D eigenvalue weighted by Gasteiger charge is -2.23. The van der Waals surface area contributed by atoms with Crippen LogP contribution in [0.2, 0.25) is 0 Å². The summed E-state index contributed by atoms with van der Waals surface area (Å²) in [7, 11) is 11.1. The van der Waals surface area contributed by atoms with Crippen molar-refractivity contribution in [3.63, 3.8) is 0 Å². The Labute approximate surface area is 96.3 Å². The molecule has 0 saturated heterocycles. The topological polar surface area (TPSA) is 3.24 Å². The van der Waals surface area contributed by atoms with Gasteiger partial charge in [0.25, 0.3) is 0 Å². The van der Waals surface area contributed by atoms with Crippen molar-refractivity contribution in [2.45, 2.75) is 25.7 Å². The van der Waals surface area contributed by atoms with Gasteiger partial charge in [0.05, 0.1) is 27.7 Å². The lowest BCUT2D eigenvalue weighted by Crippen LogP contribution is -3.00. The average molecular weight is 223 g/mol. The zero-order valence-corrected chi connectivity index (χ0v) is 11.3. The van der Waals surface area contributed by atoms with Crippen LogP contribution in [0.15, 0.2) is 0 Å². The summed E-state index contributed by atoms with van der Waals surface area (Å²) in [6, 6.07) is 0. The van der Waals surface area contributed by atoms with E-state index < -0.39 is 0 Å². The highest BCUT2D eigenvalue weighted by Crippen LogP contribution is 2.03. The first-order valence-electron chi connectivity index (χ1n) is 5.37. The molecule has 14 heavy (non-hydrogen) atoms. The van der Waals surface area contributed by atoms with Crippen LogP contribution >= 0.6 is 0 Å². The smallest absolute Gasteiger partial charge is 0.0780 e. The van der Waals surface area contributed by atoms with Crippen LogP contribution in [-0.4, -0.2) is 57.7 Å². The summed E-state index contributed by atoms with van der Waals surface area (Å²) in [4.78, 5) is 2.26. The molecular formula is C11H27ClN2. The van der Waals surface area contributed by atoms with Crippen LogP contribution in [-0.2, 0) is 0 Å². The molecule has 0 aromatic rings. The van der Waals surface area contributed by atoms with Gasteiger partial charge >= 0.3 is 0 Å². The molecule has 88 valence electrons. The number of halogens is 1. The third-order valence-electron chi connectivity index (χ3n) is 2.18. The van der Waals surface area contributed by atoms with E-state index in [4.69, 9.17) is 0 Å². The predicted molar refractivity (Wildman–Crippen MR) is 59.9 cm³/mol. The van der Waals surface area contributed by atoms with E-state index in [0.29, 0.717) is 0 Å². The van der Waals surface area contributed by atoms with Crippen molar-refractivity contribution in [3.8, 4) is 0 Å². The van der Waals surface area contributed by atoms with Crippen LogP contribution < -0.4 is 12.4 Å². The van der Waals surface area contributed by atoms with Gasteiger partial charge < -0.3 is 21.8 Å². The molecule has 0 aromatic carbocycles. The zero-order chi connectivity index (χ0) is 10.3. The molecule has 3 heteroatoms. The van der Waals surface area contributed by atoms with Crippen LogP contribution in [0, 0.1) is 0 Å². The van der Waals surface area contributed by atoms with Crippen LogP contribution in [0.5, 0.6) is 0 Å². The van der Waals surface area contributed by atoms with Gasteiger partial charge in [-0.15, -0.1) is 0 Å². The van der Waals surface area contributed by atoms with Crippen LogP contribution in [0.25, 0.3) is 0 Å². The second-order valence-corrected chi connectivity index (χ2v) is 5.23. The number of rotatable bonds is 7. The van der Waals surface area contributed by atoms with Crippen LogP contribution in [0.1, 0.15) is 25.7 Å². The molecule has 0 bridgehead atoms. The summed E-state index contributed by atoms with van der Waals surface area (Å²) < 4.78 is 1.10. The molecule has 0 heterocycles. The third kappa shape index (κ3) is 14.7. The fraction of sp³-hybridized carbons (Fsp3) is 1.00. The fourth-order valence-corrected chi connectivity index (χ4v) is 1.37. The lowest BCUT2D eigenvalue weighted by molar-refractivity contribution is -0.870. The highest BCUT2D eigenvalue weighted by Gasteiger charge is 2.04. The molecule has 0 rings (SSSR count). The second-order valence-electron chi connectivity index (χ2n) is 5.23. The van der Waals surface area contributed by atoms with E-state index in [2.05, 4.69) is 40.1 Å². The highest BCUT2D eigenvalue weighted by molar-refractivity contribution is 4.46. The molecule has 0 spiro atoms. The monoisotopic (exact) mass is 222 g/mol. The molecule has 0 fully saturated rings. The van der Waals surface area contributed by atoms with Gasteiger partial charge in [-0.25, -0.2) is 0 Å². The maximum atomic E-state index is 2.26. The molecule has 2 nitrogen and oxygen atoms in total. The lowest BCUT2D eigenvalue weighted by atomic mass is 10.2. The Bertz CT molecular complexity index is 119. The molecule has 0 aliphatic heterocycles. The summed E-state index contributed by atoms with van der Waals surface area (Å²) >= 11 is 0. The summed E-state index contributed by atoms with van der Waals surface area (Å²) in [6.45, 7) is 2.55. The van der Waals surface area contributed by atoms with Crippen molar-refractivity contribution in [1.82, 2.24) is 4.90 Å². The minimum atomic E-state index is 0. The van der Waals surface area contributed by atoms with E-state index in [-0.39, 0.29) is 12.4 Å². The molecule has 0 unspecified atom stereocenters. The fourth-order valence-electron chi connectivity index (χ4n) is 1.37. The van der Waals surface area contributed by atoms with Gasteiger partial charge in [0, 0.05) is 0 Å². The molecule has 0 aliphatic rings. The summed E-state index contributed by atoms with van der Waals surface area (Å²) in [5, 5.41) is 0. The first-order chi connectivity index (χ1) is 5.92. The van der Waals surface area contributed by atoms with E-state index in [0.717, 1.165) is 4.48 Å². The number of nitrogens with zero attached hydrogens (tertiary/aromatic N) is 2. The maximum Gasteiger partial charge on any atom is 0.0780 e. The maximum absolute atomic E-state index is 2.26. The predicted octanol–water partition coefficient (Wildman–Crippen LogP) is -1.18. The van der Waals surface area contributed by atoms with Crippen molar-refractivity contribution in [2.24, 2.45) is 0 Å². The molecule has 0 aliphatic carbocycles.